The number of rotatable bonds is 5. The lowest BCUT2D eigenvalue weighted by Gasteiger charge is -2.11. The number of anilines is 1. The molecule has 0 fully saturated rings. The third-order valence-corrected chi connectivity index (χ3v) is 2.17. The fraction of sp³-hybridized carbons (Fsp3) is 0.333. The molecular formula is C12H17N3O. The zero-order valence-corrected chi connectivity index (χ0v) is 9.73. The second-order valence-corrected chi connectivity index (χ2v) is 3.66. The van der Waals surface area contributed by atoms with E-state index >= 15 is 0 Å². The molecule has 0 aliphatic carbocycles. The lowest BCUT2D eigenvalue weighted by Crippen LogP contribution is -2.23. The minimum Gasteiger partial charge on any atom is -0.363 e. The van der Waals surface area contributed by atoms with Gasteiger partial charge in [-0.2, -0.15) is 0 Å². The summed E-state index contributed by atoms with van der Waals surface area (Å²) in [6, 6.07) is 3.98. The first-order chi connectivity index (χ1) is 7.63. The Kier molecular flexibility index (Phi) is 4.51. The number of carbonyl (C=O) groups excluding carboxylic acids is 1. The van der Waals surface area contributed by atoms with E-state index < -0.39 is 0 Å². The van der Waals surface area contributed by atoms with Crippen LogP contribution in [0.3, 0.4) is 0 Å². The van der Waals surface area contributed by atoms with Crippen LogP contribution >= 0.6 is 0 Å². The topological polar surface area (TPSA) is 45.2 Å². The van der Waals surface area contributed by atoms with Crippen molar-refractivity contribution >= 4 is 11.7 Å². The van der Waals surface area contributed by atoms with E-state index in [1.54, 1.807) is 0 Å². The summed E-state index contributed by atoms with van der Waals surface area (Å²) in [6.45, 7) is 3.99. The molecule has 16 heavy (non-hydrogen) atoms. The molecule has 0 aliphatic rings. The summed E-state index contributed by atoms with van der Waals surface area (Å²) in [5.74, 6) is 0.789. The summed E-state index contributed by atoms with van der Waals surface area (Å²) in [7, 11) is 3.90. The molecule has 1 N–H and O–H groups in total. The first-order valence-corrected chi connectivity index (χ1v) is 5.16. The minimum absolute atomic E-state index is 0.141. The molecule has 0 spiro atoms. The lowest BCUT2D eigenvalue weighted by molar-refractivity contribution is -0.116. The number of hydrogen-bond donors (Lipinski definition) is 1. The molecule has 86 valence electrons. The van der Waals surface area contributed by atoms with Gasteiger partial charge in [-0.25, -0.2) is 4.98 Å². The van der Waals surface area contributed by atoms with Crippen LogP contribution in [0.2, 0.25) is 0 Å². The van der Waals surface area contributed by atoms with Gasteiger partial charge in [0.25, 0.3) is 0 Å². The van der Waals surface area contributed by atoms with E-state index in [0.717, 1.165) is 17.8 Å². The second-order valence-electron chi connectivity index (χ2n) is 3.66. The SMILES string of the molecule is C=CC(=O)NCCc1ccc(N(C)C)nc1. The maximum atomic E-state index is 10.9. The van der Waals surface area contributed by atoms with E-state index in [1.807, 2.05) is 37.3 Å². The molecule has 0 saturated heterocycles. The Hall–Kier alpha value is -1.84. The Morgan fingerprint density at radius 1 is 1.56 bits per heavy atom. The number of nitrogens with one attached hydrogen (secondary N) is 1. The van der Waals surface area contributed by atoms with E-state index in [0.29, 0.717) is 6.54 Å². The maximum Gasteiger partial charge on any atom is 0.243 e. The predicted octanol–water partition coefficient (Wildman–Crippen LogP) is 0.992. The largest absolute Gasteiger partial charge is 0.363 e. The van der Waals surface area contributed by atoms with Crippen LogP contribution in [0.15, 0.2) is 31.0 Å². The van der Waals surface area contributed by atoms with Crippen molar-refractivity contribution in [3.8, 4) is 0 Å². The smallest absolute Gasteiger partial charge is 0.243 e. The summed E-state index contributed by atoms with van der Waals surface area (Å²) in [5, 5.41) is 2.72. The van der Waals surface area contributed by atoms with Crippen LogP contribution in [0.1, 0.15) is 5.56 Å². The predicted molar refractivity (Wildman–Crippen MR) is 65.5 cm³/mol. The highest BCUT2D eigenvalue weighted by molar-refractivity contribution is 5.86. The molecule has 1 aromatic rings. The third kappa shape index (κ3) is 3.73. The Morgan fingerprint density at radius 3 is 2.81 bits per heavy atom. The number of hydrogen-bond acceptors (Lipinski definition) is 3. The van der Waals surface area contributed by atoms with Crippen molar-refractivity contribution in [1.29, 1.82) is 0 Å². The van der Waals surface area contributed by atoms with Crippen molar-refractivity contribution in [2.45, 2.75) is 6.42 Å². The highest BCUT2D eigenvalue weighted by Crippen LogP contribution is 2.07. The number of nitrogens with zero attached hydrogens (tertiary/aromatic N) is 2. The van der Waals surface area contributed by atoms with E-state index in [4.69, 9.17) is 0 Å². The van der Waals surface area contributed by atoms with E-state index in [-0.39, 0.29) is 5.91 Å². The van der Waals surface area contributed by atoms with Gasteiger partial charge >= 0.3 is 0 Å². The van der Waals surface area contributed by atoms with Crippen molar-refractivity contribution in [3.05, 3.63) is 36.5 Å². The van der Waals surface area contributed by atoms with Crippen LogP contribution in [0.5, 0.6) is 0 Å². The van der Waals surface area contributed by atoms with Crippen LogP contribution in [-0.2, 0) is 11.2 Å². The van der Waals surface area contributed by atoms with Crippen molar-refractivity contribution in [2.24, 2.45) is 0 Å². The summed E-state index contributed by atoms with van der Waals surface area (Å²) in [5.41, 5.74) is 1.11. The molecule has 0 bridgehead atoms. The molecule has 0 aliphatic heterocycles. The van der Waals surface area contributed by atoms with Gasteiger partial charge in [-0.05, 0) is 24.1 Å². The first kappa shape index (κ1) is 12.2. The minimum atomic E-state index is -0.141. The zero-order valence-electron chi connectivity index (χ0n) is 9.73. The van der Waals surface area contributed by atoms with Crippen LogP contribution in [0.25, 0.3) is 0 Å². The van der Waals surface area contributed by atoms with Crippen molar-refractivity contribution in [1.82, 2.24) is 10.3 Å². The second kappa shape index (κ2) is 5.90. The van der Waals surface area contributed by atoms with Gasteiger partial charge in [0.15, 0.2) is 0 Å². The summed E-state index contributed by atoms with van der Waals surface area (Å²) in [4.78, 5) is 17.1. The van der Waals surface area contributed by atoms with Gasteiger partial charge < -0.3 is 10.2 Å². The molecular weight excluding hydrogens is 202 g/mol. The average Bonchev–Trinajstić information content (AvgIpc) is 2.29. The number of amides is 1. The van der Waals surface area contributed by atoms with E-state index in [9.17, 15) is 4.79 Å². The highest BCUT2D eigenvalue weighted by atomic mass is 16.1. The number of pyridine rings is 1. The van der Waals surface area contributed by atoms with Crippen LogP contribution in [0, 0.1) is 0 Å². The molecule has 1 rings (SSSR count). The Balaban J connectivity index is 2.43. The van der Waals surface area contributed by atoms with Crippen molar-refractivity contribution in [3.63, 3.8) is 0 Å². The standard InChI is InChI=1S/C12H17N3O/c1-4-12(16)13-8-7-10-5-6-11(14-9-10)15(2)3/h4-6,9H,1,7-8H2,2-3H3,(H,13,16). The molecule has 0 unspecified atom stereocenters. The van der Waals surface area contributed by atoms with Gasteiger partial charge in [0.1, 0.15) is 5.82 Å². The summed E-state index contributed by atoms with van der Waals surface area (Å²) >= 11 is 0. The van der Waals surface area contributed by atoms with Gasteiger partial charge in [-0.3, -0.25) is 4.79 Å². The molecule has 1 aromatic heterocycles. The molecule has 0 atom stereocenters. The monoisotopic (exact) mass is 219 g/mol. The first-order valence-electron chi connectivity index (χ1n) is 5.16. The van der Waals surface area contributed by atoms with Crippen molar-refractivity contribution < 1.29 is 4.79 Å². The fourth-order valence-corrected chi connectivity index (χ4v) is 1.23. The molecule has 1 amide bonds. The Morgan fingerprint density at radius 2 is 2.31 bits per heavy atom. The quantitative estimate of drug-likeness (QED) is 0.751. The highest BCUT2D eigenvalue weighted by Gasteiger charge is 1.98. The summed E-state index contributed by atoms with van der Waals surface area (Å²) < 4.78 is 0. The Bertz CT molecular complexity index is 357. The molecule has 0 aromatic carbocycles. The fourth-order valence-electron chi connectivity index (χ4n) is 1.23. The Labute approximate surface area is 96.0 Å². The summed E-state index contributed by atoms with van der Waals surface area (Å²) in [6.07, 6.45) is 3.88. The molecule has 0 saturated carbocycles. The van der Waals surface area contributed by atoms with Gasteiger partial charge in [-0.15, -0.1) is 0 Å². The van der Waals surface area contributed by atoms with E-state index in [2.05, 4.69) is 16.9 Å². The maximum absolute atomic E-state index is 10.9. The van der Waals surface area contributed by atoms with Crippen LogP contribution in [0.4, 0.5) is 5.82 Å². The van der Waals surface area contributed by atoms with Gasteiger partial charge in [0.05, 0.1) is 0 Å². The van der Waals surface area contributed by atoms with Gasteiger partial charge in [0, 0.05) is 26.8 Å². The number of carbonyl (C=O) groups is 1. The van der Waals surface area contributed by atoms with E-state index in [1.165, 1.54) is 6.08 Å². The molecule has 4 nitrogen and oxygen atoms in total. The lowest BCUT2D eigenvalue weighted by atomic mass is 10.2. The zero-order chi connectivity index (χ0) is 12.0. The van der Waals surface area contributed by atoms with Crippen LogP contribution in [-0.4, -0.2) is 31.5 Å². The average molecular weight is 219 g/mol. The number of aromatic nitrogens is 1. The third-order valence-electron chi connectivity index (χ3n) is 2.17. The molecule has 1 heterocycles. The van der Waals surface area contributed by atoms with Gasteiger partial charge in [0.2, 0.25) is 5.91 Å². The van der Waals surface area contributed by atoms with Crippen LogP contribution < -0.4 is 10.2 Å². The normalized spacial score (nSPS) is 9.62. The van der Waals surface area contributed by atoms with Gasteiger partial charge in [-0.1, -0.05) is 12.6 Å². The molecule has 0 radical (unpaired) electrons. The van der Waals surface area contributed by atoms with Crippen molar-refractivity contribution in [2.75, 3.05) is 25.5 Å². The molecule has 4 heteroatoms.